The highest BCUT2D eigenvalue weighted by molar-refractivity contribution is 7.00. The number of aromatic nitrogens is 1. The fourth-order valence-electron chi connectivity index (χ4n) is 10.00. The third kappa shape index (κ3) is 5.34. The molecule has 3 heterocycles. The maximum Gasteiger partial charge on any atom is 0.252 e. The Bertz CT molecular complexity index is 3380. The quantitative estimate of drug-likeness (QED) is 0.129. The molecule has 6 heteroatoms. The van der Waals surface area contributed by atoms with Gasteiger partial charge >= 0.3 is 0 Å². The summed E-state index contributed by atoms with van der Waals surface area (Å²) >= 11 is 0. The number of hydrogen-bond acceptors (Lipinski definition) is 3. The number of para-hydroxylation sites is 6. The highest BCUT2D eigenvalue weighted by atomic mass is 15.2. The number of nitriles is 1. The zero-order valence-corrected chi connectivity index (χ0v) is 33.4. The Hall–Kier alpha value is -8.58. The molecule has 2 aliphatic rings. The van der Waals surface area contributed by atoms with Crippen LogP contribution >= 0.6 is 0 Å². The molecule has 0 fully saturated rings. The lowest BCUT2D eigenvalue weighted by atomic mass is 9.33. The minimum Gasteiger partial charge on any atom is -0.311 e. The lowest BCUT2D eigenvalue weighted by molar-refractivity contribution is 1.18. The number of rotatable bonds is 5. The van der Waals surface area contributed by atoms with Gasteiger partial charge in [-0.1, -0.05) is 115 Å². The molecule has 0 bridgehead atoms. The third-order valence-corrected chi connectivity index (χ3v) is 12.6. The van der Waals surface area contributed by atoms with E-state index >= 15 is 0 Å². The average Bonchev–Trinajstić information content (AvgIpc) is 3.67. The van der Waals surface area contributed by atoms with Crippen molar-refractivity contribution in [2.24, 2.45) is 0 Å². The second kappa shape index (κ2) is 14.0. The maximum atomic E-state index is 9.87. The van der Waals surface area contributed by atoms with E-state index in [0.717, 1.165) is 72.5 Å². The Balaban J connectivity index is 1.12. The van der Waals surface area contributed by atoms with Gasteiger partial charge in [-0.25, -0.2) is 4.85 Å². The number of fused-ring (bicyclic) bond motifs is 7. The van der Waals surface area contributed by atoms with E-state index in [1.54, 1.807) is 6.07 Å². The molecule has 0 aliphatic carbocycles. The Morgan fingerprint density at radius 2 is 1.02 bits per heavy atom. The third-order valence-electron chi connectivity index (χ3n) is 12.6. The van der Waals surface area contributed by atoms with Crippen LogP contribution in [0.2, 0.25) is 0 Å². The minimum absolute atomic E-state index is 0.0432. The van der Waals surface area contributed by atoms with E-state index in [0.29, 0.717) is 11.3 Å². The molecule has 0 unspecified atom stereocenters. The van der Waals surface area contributed by atoms with E-state index in [-0.39, 0.29) is 6.71 Å². The van der Waals surface area contributed by atoms with Gasteiger partial charge in [0.05, 0.1) is 29.4 Å². The van der Waals surface area contributed by atoms with Crippen LogP contribution in [0.5, 0.6) is 0 Å². The van der Waals surface area contributed by atoms with Gasteiger partial charge in [0.15, 0.2) is 5.69 Å². The zero-order chi connectivity index (χ0) is 41.3. The average molecular weight is 788 g/mol. The van der Waals surface area contributed by atoms with Gasteiger partial charge in [0.25, 0.3) is 6.71 Å². The molecule has 0 radical (unpaired) electrons. The van der Waals surface area contributed by atoms with E-state index in [9.17, 15) is 5.26 Å². The second-order valence-corrected chi connectivity index (χ2v) is 15.9. The summed E-state index contributed by atoms with van der Waals surface area (Å²) in [5.74, 6) is 0. The van der Waals surface area contributed by atoms with E-state index in [4.69, 9.17) is 6.57 Å². The molecule has 1 aromatic heterocycles. The summed E-state index contributed by atoms with van der Waals surface area (Å²) in [5, 5.41) is 12.2. The SMILES string of the molecule is [C-]#[N+]c1cc(C#N)cc(-c2ccccc2-n2c3ccccc3c3cc(-c4cc5c6c(c4)N(c4ccccc4)c4ccccc4B6c4ccccc4N5c4ccccc4)ccc32)c1. The topological polar surface area (TPSA) is 39.6 Å². The van der Waals surface area contributed by atoms with Crippen molar-refractivity contribution in [3.8, 4) is 34.0 Å². The van der Waals surface area contributed by atoms with Crippen molar-refractivity contribution in [2.75, 3.05) is 9.80 Å². The van der Waals surface area contributed by atoms with Gasteiger partial charge in [-0.2, -0.15) is 5.26 Å². The number of nitrogens with zero attached hydrogens (tertiary/aromatic N) is 5. The minimum atomic E-state index is 0.0432. The first-order valence-electron chi connectivity index (χ1n) is 20.8. The molecule has 0 spiro atoms. The second-order valence-electron chi connectivity index (χ2n) is 15.9. The molecule has 12 rings (SSSR count). The normalized spacial score (nSPS) is 12.4. The summed E-state index contributed by atoms with van der Waals surface area (Å²) in [6.07, 6.45) is 0. The zero-order valence-electron chi connectivity index (χ0n) is 33.4. The Kier molecular flexibility index (Phi) is 8.00. The predicted molar refractivity (Wildman–Crippen MR) is 257 cm³/mol. The monoisotopic (exact) mass is 787 g/mol. The molecule has 0 amide bonds. The molecule has 5 nitrogen and oxygen atoms in total. The largest absolute Gasteiger partial charge is 0.311 e. The van der Waals surface area contributed by atoms with Gasteiger partial charge in [-0.15, -0.1) is 0 Å². The van der Waals surface area contributed by atoms with Gasteiger partial charge in [-0.3, -0.25) is 0 Å². The van der Waals surface area contributed by atoms with Gasteiger partial charge in [0.1, 0.15) is 0 Å². The van der Waals surface area contributed by atoms with E-state index in [1.807, 2.05) is 18.2 Å². The lowest BCUT2D eigenvalue weighted by Crippen LogP contribution is -2.61. The summed E-state index contributed by atoms with van der Waals surface area (Å²) in [4.78, 5) is 8.60. The van der Waals surface area contributed by atoms with Crippen molar-refractivity contribution in [3.63, 3.8) is 0 Å². The van der Waals surface area contributed by atoms with Crippen LogP contribution in [-0.4, -0.2) is 11.3 Å². The number of hydrogen-bond donors (Lipinski definition) is 0. The number of anilines is 6. The van der Waals surface area contributed by atoms with Crippen LogP contribution in [0.25, 0.3) is 54.6 Å². The van der Waals surface area contributed by atoms with Crippen LogP contribution in [0.4, 0.5) is 39.8 Å². The molecule has 10 aromatic rings. The van der Waals surface area contributed by atoms with Gasteiger partial charge in [0.2, 0.25) is 0 Å². The van der Waals surface area contributed by atoms with Crippen molar-refractivity contribution in [3.05, 3.63) is 223 Å². The first-order valence-corrected chi connectivity index (χ1v) is 20.8. The Morgan fingerprint density at radius 3 is 1.66 bits per heavy atom. The van der Waals surface area contributed by atoms with E-state index in [1.165, 1.54) is 27.8 Å². The van der Waals surface area contributed by atoms with Crippen molar-refractivity contribution < 1.29 is 0 Å². The fourth-order valence-corrected chi connectivity index (χ4v) is 10.00. The van der Waals surface area contributed by atoms with Gasteiger partial charge in [0, 0.05) is 56.0 Å². The molecule has 0 atom stereocenters. The fraction of sp³-hybridized carbons (Fsp3) is 0. The molecule has 0 N–H and O–H groups in total. The summed E-state index contributed by atoms with van der Waals surface area (Å²) in [6, 6.07) is 75.4. The van der Waals surface area contributed by atoms with Crippen LogP contribution in [0, 0.1) is 17.9 Å². The van der Waals surface area contributed by atoms with Crippen LogP contribution in [0.15, 0.2) is 206 Å². The molecule has 62 heavy (non-hydrogen) atoms. The number of benzene rings is 9. The first-order chi connectivity index (χ1) is 30.7. The molecular weight excluding hydrogens is 753 g/mol. The molecular formula is C56H34BN5. The predicted octanol–water partition coefficient (Wildman–Crippen LogP) is 12.6. The molecule has 286 valence electrons. The summed E-state index contributed by atoms with van der Waals surface area (Å²) < 4.78 is 2.32. The summed E-state index contributed by atoms with van der Waals surface area (Å²) in [6.45, 7) is 7.79. The highest BCUT2D eigenvalue weighted by Crippen LogP contribution is 2.47. The van der Waals surface area contributed by atoms with Crippen molar-refractivity contribution >= 4 is 84.7 Å². The molecule has 9 aromatic carbocycles. The van der Waals surface area contributed by atoms with Crippen LogP contribution in [0.1, 0.15) is 5.56 Å². The van der Waals surface area contributed by atoms with Crippen LogP contribution < -0.4 is 26.2 Å². The van der Waals surface area contributed by atoms with Crippen LogP contribution in [0.3, 0.4) is 0 Å². The first kappa shape index (κ1) is 35.4. The van der Waals surface area contributed by atoms with Crippen molar-refractivity contribution in [1.82, 2.24) is 4.57 Å². The summed E-state index contributed by atoms with van der Waals surface area (Å²) in [5.41, 5.74) is 18.9. The maximum absolute atomic E-state index is 9.87. The Labute approximate surface area is 360 Å². The van der Waals surface area contributed by atoms with Crippen molar-refractivity contribution in [2.45, 2.75) is 0 Å². The van der Waals surface area contributed by atoms with Crippen molar-refractivity contribution in [1.29, 1.82) is 5.26 Å². The Morgan fingerprint density at radius 1 is 0.452 bits per heavy atom. The highest BCUT2D eigenvalue weighted by Gasteiger charge is 2.43. The van der Waals surface area contributed by atoms with Gasteiger partial charge < -0.3 is 14.4 Å². The van der Waals surface area contributed by atoms with Gasteiger partial charge in [-0.05, 0) is 124 Å². The molecule has 0 saturated heterocycles. The standard InChI is InChI=1S/C56H34BN5/c1-59-41-31-37(36-58)30-40(32-41)44-20-8-12-24-49(44)62-50-25-13-9-21-45(50)46-33-38(28-29-51(46)62)39-34-54-56-55(35-39)61(43-18-6-3-7-19-43)53-27-15-11-23-48(53)57(56)47-22-10-14-26-52(47)60(54)42-16-4-2-5-17-42/h2-35H. The molecule has 2 aliphatic heterocycles. The lowest BCUT2D eigenvalue weighted by Gasteiger charge is -2.44. The van der Waals surface area contributed by atoms with E-state index in [2.05, 4.69) is 207 Å². The van der Waals surface area contributed by atoms with E-state index < -0.39 is 0 Å². The smallest absolute Gasteiger partial charge is 0.252 e. The summed E-state index contributed by atoms with van der Waals surface area (Å²) in [7, 11) is 0. The van der Waals surface area contributed by atoms with Crippen LogP contribution in [-0.2, 0) is 0 Å². The molecule has 0 saturated carbocycles.